The molecular formula is C13H19FN2O3. The van der Waals surface area contributed by atoms with Crippen molar-refractivity contribution in [2.24, 2.45) is 5.73 Å². The topological polar surface area (TPSA) is 73.6 Å². The molecule has 0 saturated heterocycles. The predicted octanol–water partition coefficient (Wildman–Crippen LogP) is 1.37. The highest BCUT2D eigenvalue weighted by Crippen LogP contribution is 2.32. The fourth-order valence-corrected chi connectivity index (χ4v) is 1.62. The van der Waals surface area contributed by atoms with Crippen LogP contribution in [0.3, 0.4) is 0 Å². The van der Waals surface area contributed by atoms with E-state index in [-0.39, 0.29) is 5.91 Å². The molecule has 0 aliphatic heterocycles. The number of benzene rings is 1. The van der Waals surface area contributed by atoms with Gasteiger partial charge in [-0.1, -0.05) is 0 Å². The molecule has 3 N–H and O–H groups in total. The third kappa shape index (κ3) is 3.57. The molecule has 1 unspecified atom stereocenters. The van der Waals surface area contributed by atoms with Crippen LogP contribution >= 0.6 is 0 Å². The van der Waals surface area contributed by atoms with Crippen molar-refractivity contribution in [3.05, 3.63) is 23.5 Å². The lowest BCUT2D eigenvalue weighted by Gasteiger charge is -2.18. The van der Waals surface area contributed by atoms with Crippen LogP contribution in [0.25, 0.3) is 0 Å². The Kier molecular flexibility index (Phi) is 5.11. The zero-order valence-electron chi connectivity index (χ0n) is 11.5. The maximum absolute atomic E-state index is 13.9. The summed E-state index contributed by atoms with van der Waals surface area (Å²) in [4.78, 5) is 11.5. The molecule has 106 valence electrons. The lowest BCUT2D eigenvalue weighted by Crippen LogP contribution is -2.39. The molecule has 1 rings (SSSR count). The summed E-state index contributed by atoms with van der Waals surface area (Å²) in [6, 6.07) is 1.56. The third-order valence-electron chi connectivity index (χ3n) is 2.74. The molecule has 1 aromatic carbocycles. The number of nitrogens with two attached hydrogens (primary N) is 1. The number of amides is 1. The maximum atomic E-state index is 13.9. The van der Waals surface area contributed by atoms with Crippen LogP contribution in [-0.4, -0.2) is 26.2 Å². The van der Waals surface area contributed by atoms with Crippen molar-refractivity contribution in [1.29, 1.82) is 0 Å². The van der Waals surface area contributed by atoms with Crippen molar-refractivity contribution >= 4 is 5.91 Å². The van der Waals surface area contributed by atoms with Gasteiger partial charge in [-0.05, 0) is 19.9 Å². The van der Waals surface area contributed by atoms with E-state index in [1.807, 2.05) is 0 Å². The highest BCUT2D eigenvalue weighted by Gasteiger charge is 2.18. The Hall–Kier alpha value is -1.82. The van der Waals surface area contributed by atoms with E-state index < -0.39 is 17.9 Å². The van der Waals surface area contributed by atoms with E-state index >= 15 is 0 Å². The normalized spacial score (nSPS) is 13.6. The summed E-state index contributed by atoms with van der Waals surface area (Å²) in [7, 11) is 2.89. The molecule has 2 atom stereocenters. The summed E-state index contributed by atoms with van der Waals surface area (Å²) in [6.07, 6.45) is 0. The van der Waals surface area contributed by atoms with E-state index in [2.05, 4.69) is 5.32 Å². The molecular weight excluding hydrogens is 251 g/mol. The lowest BCUT2D eigenvalue weighted by molar-refractivity contribution is -0.122. The van der Waals surface area contributed by atoms with E-state index in [1.165, 1.54) is 26.4 Å². The number of carbonyl (C=O) groups excluding carboxylic acids is 1. The number of ether oxygens (including phenoxy) is 2. The smallest absolute Gasteiger partial charge is 0.237 e. The molecule has 1 aromatic rings. The second kappa shape index (κ2) is 6.38. The summed E-state index contributed by atoms with van der Waals surface area (Å²) in [5, 5.41) is 2.62. The van der Waals surface area contributed by atoms with Crippen molar-refractivity contribution in [1.82, 2.24) is 5.32 Å². The summed E-state index contributed by atoms with van der Waals surface area (Å²) >= 11 is 0. The van der Waals surface area contributed by atoms with E-state index in [1.54, 1.807) is 13.8 Å². The van der Waals surface area contributed by atoms with E-state index in [0.29, 0.717) is 17.1 Å². The van der Waals surface area contributed by atoms with Crippen LogP contribution in [0, 0.1) is 5.82 Å². The number of nitrogens with one attached hydrogen (secondary N) is 1. The van der Waals surface area contributed by atoms with Gasteiger partial charge in [-0.25, -0.2) is 4.39 Å². The van der Waals surface area contributed by atoms with Crippen LogP contribution in [0.5, 0.6) is 11.5 Å². The largest absolute Gasteiger partial charge is 0.493 e. The van der Waals surface area contributed by atoms with Crippen molar-refractivity contribution in [3.8, 4) is 11.5 Å². The highest BCUT2D eigenvalue weighted by atomic mass is 19.1. The molecule has 0 fully saturated rings. The summed E-state index contributed by atoms with van der Waals surface area (Å²) in [5.74, 6) is -0.118. The first-order chi connectivity index (χ1) is 8.90. The number of hydrogen-bond acceptors (Lipinski definition) is 4. The number of halogens is 1. The third-order valence-corrected chi connectivity index (χ3v) is 2.74. The average Bonchev–Trinajstić information content (AvgIpc) is 2.37. The van der Waals surface area contributed by atoms with Crippen LogP contribution < -0.4 is 20.5 Å². The van der Waals surface area contributed by atoms with Gasteiger partial charge < -0.3 is 20.5 Å². The van der Waals surface area contributed by atoms with Crippen LogP contribution in [0.1, 0.15) is 25.5 Å². The average molecular weight is 270 g/mol. The first kappa shape index (κ1) is 15.2. The molecule has 0 radical (unpaired) electrons. The van der Waals surface area contributed by atoms with Gasteiger partial charge in [0.1, 0.15) is 5.82 Å². The standard InChI is InChI=1S/C13H19FN2O3/c1-7(15)13(17)16-8(2)9-5-11(18-3)12(19-4)6-10(9)14/h5-8H,15H2,1-4H3,(H,16,17)/t7-,8?/m1/s1. The monoisotopic (exact) mass is 270 g/mol. The Morgan fingerprint density at radius 3 is 2.26 bits per heavy atom. The molecule has 6 heteroatoms. The van der Waals surface area contributed by atoms with Crippen LogP contribution in [0.4, 0.5) is 4.39 Å². The first-order valence-electron chi connectivity index (χ1n) is 5.88. The maximum Gasteiger partial charge on any atom is 0.237 e. The van der Waals surface area contributed by atoms with E-state index in [0.717, 1.165) is 0 Å². The Labute approximate surface area is 111 Å². The molecule has 1 amide bonds. The van der Waals surface area contributed by atoms with Crippen LogP contribution in [0.2, 0.25) is 0 Å². The van der Waals surface area contributed by atoms with Crippen molar-refractivity contribution in [2.75, 3.05) is 14.2 Å². The first-order valence-corrected chi connectivity index (χ1v) is 5.88. The Bertz CT molecular complexity index is 463. The lowest BCUT2D eigenvalue weighted by atomic mass is 10.1. The van der Waals surface area contributed by atoms with Gasteiger partial charge in [-0.2, -0.15) is 0 Å². The van der Waals surface area contributed by atoms with Gasteiger partial charge >= 0.3 is 0 Å². The highest BCUT2D eigenvalue weighted by molar-refractivity contribution is 5.81. The van der Waals surface area contributed by atoms with Crippen molar-refractivity contribution < 1.29 is 18.7 Å². The van der Waals surface area contributed by atoms with E-state index in [9.17, 15) is 9.18 Å². The molecule has 19 heavy (non-hydrogen) atoms. The number of methoxy groups -OCH3 is 2. The van der Waals surface area contributed by atoms with Gasteiger partial charge in [0.15, 0.2) is 11.5 Å². The Morgan fingerprint density at radius 1 is 1.26 bits per heavy atom. The molecule has 0 saturated carbocycles. The second-order valence-corrected chi connectivity index (χ2v) is 4.25. The van der Waals surface area contributed by atoms with Crippen LogP contribution in [0.15, 0.2) is 12.1 Å². The SMILES string of the molecule is COc1cc(F)c(C(C)NC(=O)[C@@H](C)N)cc1OC. The zero-order chi connectivity index (χ0) is 14.6. The second-order valence-electron chi connectivity index (χ2n) is 4.25. The van der Waals surface area contributed by atoms with Crippen molar-refractivity contribution in [2.45, 2.75) is 25.9 Å². The fourth-order valence-electron chi connectivity index (χ4n) is 1.62. The number of hydrogen-bond donors (Lipinski definition) is 2. The van der Waals surface area contributed by atoms with Gasteiger partial charge in [-0.3, -0.25) is 4.79 Å². The number of carbonyl (C=O) groups is 1. The summed E-state index contributed by atoms with van der Waals surface area (Å²) < 4.78 is 24.0. The summed E-state index contributed by atoms with van der Waals surface area (Å²) in [5.41, 5.74) is 5.76. The fraction of sp³-hybridized carbons (Fsp3) is 0.462. The minimum absolute atomic E-state index is 0.300. The Morgan fingerprint density at radius 2 is 1.79 bits per heavy atom. The minimum atomic E-state index is -0.648. The zero-order valence-corrected chi connectivity index (χ0v) is 11.5. The Balaban J connectivity index is 3.03. The number of rotatable bonds is 5. The molecule has 5 nitrogen and oxygen atoms in total. The molecule has 0 aromatic heterocycles. The minimum Gasteiger partial charge on any atom is -0.493 e. The van der Waals surface area contributed by atoms with Crippen molar-refractivity contribution in [3.63, 3.8) is 0 Å². The molecule has 0 heterocycles. The predicted molar refractivity (Wildman–Crippen MR) is 69.7 cm³/mol. The van der Waals surface area contributed by atoms with Gasteiger partial charge in [0.05, 0.1) is 26.3 Å². The van der Waals surface area contributed by atoms with Gasteiger partial charge in [0.2, 0.25) is 5.91 Å². The quantitative estimate of drug-likeness (QED) is 0.847. The molecule has 0 aliphatic rings. The molecule has 0 spiro atoms. The van der Waals surface area contributed by atoms with Gasteiger partial charge in [-0.15, -0.1) is 0 Å². The van der Waals surface area contributed by atoms with Crippen LogP contribution in [-0.2, 0) is 4.79 Å². The summed E-state index contributed by atoms with van der Waals surface area (Å²) in [6.45, 7) is 3.23. The van der Waals surface area contributed by atoms with E-state index in [4.69, 9.17) is 15.2 Å². The van der Waals surface area contributed by atoms with Gasteiger partial charge in [0.25, 0.3) is 0 Å². The molecule has 0 bridgehead atoms. The van der Waals surface area contributed by atoms with Gasteiger partial charge in [0, 0.05) is 11.6 Å². The molecule has 0 aliphatic carbocycles.